The van der Waals surface area contributed by atoms with Gasteiger partial charge in [0.25, 0.3) is 5.89 Å². The molecule has 0 radical (unpaired) electrons. The second-order valence-electron chi connectivity index (χ2n) is 4.31. The Labute approximate surface area is 106 Å². The zero-order chi connectivity index (χ0) is 13.1. The van der Waals surface area contributed by atoms with E-state index in [0.29, 0.717) is 11.8 Å². The van der Waals surface area contributed by atoms with Crippen molar-refractivity contribution >= 4 is 0 Å². The van der Waals surface area contributed by atoms with E-state index in [1.54, 1.807) is 0 Å². The normalized spacial score (nSPS) is 10.7. The maximum Gasteiger partial charge on any atom is 0.253 e. The summed E-state index contributed by atoms with van der Waals surface area (Å²) < 4.78 is 11.0. The molecule has 0 saturated heterocycles. The van der Waals surface area contributed by atoms with E-state index in [1.807, 2.05) is 13.8 Å². The van der Waals surface area contributed by atoms with Crippen molar-refractivity contribution in [1.82, 2.24) is 10.2 Å². The molecule has 18 heavy (non-hydrogen) atoms. The summed E-state index contributed by atoms with van der Waals surface area (Å²) in [6.45, 7) is 6.62. The van der Waals surface area contributed by atoms with E-state index < -0.39 is 0 Å². The predicted octanol–water partition coefficient (Wildman–Crippen LogP) is 2.03. The van der Waals surface area contributed by atoms with Crippen LogP contribution < -0.4 is 10.5 Å². The Morgan fingerprint density at radius 1 is 1.11 bits per heavy atom. The molecule has 0 spiro atoms. The number of hydrogen-bond donors (Lipinski definition) is 1. The Morgan fingerprint density at radius 3 is 2.28 bits per heavy atom. The quantitative estimate of drug-likeness (QED) is 0.894. The van der Waals surface area contributed by atoms with E-state index in [9.17, 15) is 0 Å². The van der Waals surface area contributed by atoms with Crippen LogP contribution in [0.2, 0.25) is 0 Å². The number of nitrogens with zero attached hydrogens (tertiary/aromatic N) is 2. The van der Waals surface area contributed by atoms with Crippen LogP contribution in [-0.2, 0) is 13.2 Å². The SMILES string of the molecule is Cc1cc(C)c(OCc2nnc(CN)o2)c(C)c1. The molecule has 1 aromatic heterocycles. The smallest absolute Gasteiger partial charge is 0.253 e. The van der Waals surface area contributed by atoms with Gasteiger partial charge in [0.1, 0.15) is 5.75 Å². The standard InChI is InChI=1S/C13H17N3O2/c1-8-4-9(2)13(10(3)5-8)17-7-12-16-15-11(6-14)18-12/h4-5H,6-7,14H2,1-3H3. The summed E-state index contributed by atoms with van der Waals surface area (Å²) in [5, 5.41) is 7.64. The van der Waals surface area contributed by atoms with Crippen LogP contribution in [0.3, 0.4) is 0 Å². The first-order valence-corrected chi connectivity index (χ1v) is 5.82. The van der Waals surface area contributed by atoms with Crippen LogP contribution in [0.25, 0.3) is 0 Å². The summed E-state index contributed by atoms with van der Waals surface area (Å²) in [6.07, 6.45) is 0. The van der Waals surface area contributed by atoms with Gasteiger partial charge in [-0.05, 0) is 31.9 Å². The fraction of sp³-hybridized carbons (Fsp3) is 0.385. The molecule has 96 valence electrons. The monoisotopic (exact) mass is 247 g/mol. The van der Waals surface area contributed by atoms with E-state index in [2.05, 4.69) is 29.3 Å². The van der Waals surface area contributed by atoms with Gasteiger partial charge in [-0.25, -0.2) is 0 Å². The van der Waals surface area contributed by atoms with Crippen molar-refractivity contribution in [1.29, 1.82) is 0 Å². The van der Waals surface area contributed by atoms with Crippen LogP contribution in [0, 0.1) is 20.8 Å². The van der Waals surface area contributed by atoms with Crippen molar-refractivity contribution in [3.63, 3.8) is 0 Å². The van der Waals surface area contributed by atoms with E-state index in [1.165, 1.54) is 5.56 Å². The third kappa shape index (κ3) is 2.68. The van der Waals surface area contributed by atoms with Gasteiger partial charge in [-0.1, -0.05) is 17.7 Å². The minimum atomic E-state index is 0.246. The van der Waals surface area contributed by atoms with Gasteiger partial charge < -0.3 is 14.9 Å². The molecule has 0 aliphatic rings. The largest absolute Gasteiger partial charge is 0.483 e. The van der Waals surface area contributed by atoms with Gasteiger partial charge in [0.2, 0.25) is 5.89 Å². The molecule has 5 heteroatoms. The van der Waals surface area contributed by atoms with Crippen LogP contribution in [0.5, 0.6) is 5.75 Å². The molecule has 0 aliphatic carbocycles. The molecule has 0 aliphatic heterocycles. The molecule has 5 nitrogen and oxygen atoms in total. The van der Waals surface area contributed by atoms with Gasteiger partial charge in [0, 0.05) is 0 Å². The molecular weight excluding hydrogens is 230 g/mol. The molecule has 0 saturated carbocycles. The summed E-state index contributed by atoms with van der Waals surface area (Å²) in [4.78, 5) is 0. The summed E-state index contributed by atoms with van der Waals surface area (Å²) in [6, 6.07) is 4.17. The average Bonchev–Trinajstić information content (AvgIpc) is 2.75. The third-order valence-electron chi connectivity index (χ3n) is 2.63. The molecule has 0 atom stereocenters. The topological polar surface area (TPSA) is 74.2 Å². The Kier molecular flexibility index (Phi) is 3.62. The third-order valence-corrected chi connectivity index (χ3v) is 2.63. The fourth-order valence-electron chi connectivity index (χ4n) is 1.96. The zero-order valence-corrected chi connectivity index (χ0v) is 10.9. The summed E-state index contributed by atoms with van der Waals surface area (Å²) in [7, 11) is 0. The number of benzene rings is 1. The van der Waals surface area contributed by atoms with Gasteiger partial charge in [-0.3, -0.25) is 0 Å². The van der Waals surface area contributed by atoms with Crippen molar-refractivity contribution < 1.29 is 9.15 Å². The lowest BCUT2D eigenvalue weighted by Gasteiger charge is -2.11. The van der Waals surface area contributed by atoms with Crippen LogP contribution in [0.15, 0.2) is 16.5 Å². The van der Waals surface area contributed by atoms with Gasteiger partial charge >= 0.3 is 0 Å². The molecular formula is C13H17N3O2. The average molecular weight is 247 g/mol. The maximum absolute atomic E-state index is 5.73. The Morgan fingerprint density at radius 2 is 1.72 bits per heavy atom. The van der Waals surface area contributed by atoms with E-state index in [-0.39, 0.29) is 13.2 Å². The van der Waals surface area contributed by atoms with Gasteiger partial charge in [0.15, 0.2) is 6.61 Å². The first-order chi connectivity index (χ1) is 8.60. The number of rotatable bonds is 4. The first kappa shape index (κ1) is 12.6. The molecule has 2 N–H and O–H groups in total. The van der Waals surface area contributed by atoms with Crippen LogP contribution in [0.4, 0.5) is 0 Å². The minimum absolute atomic E-state index is 0.246. The molecule has 0 unspecified atom stereocenters. The van der Waals surface area contributed by atoms with Crippen LogP contribution in [0.1, 0.15) is 28.5 Å². The number of hydrogen-bond acceptors (Lipinski definition) is 5. The lowest BCUT2D eigenvalue weighted by Crippen LogP contribution is -2.00. The molecule has 1 heterocycles. The molecule has 2 aromatic rings. The van der Waals surface area contributed by atoms with Crippen molar-refractivity contribution in [2.45, 2.75) is 33.9 Å². The minimum Gasteiger partial charge on any atom is -0.483 e. The summed E-state index contributed by atoms with van der Waals surface area (Å²) in [5.74, 6) is 1.73. The number of aromatic nitrogens is 2. The predicted molar refractivity (Wildman–Crippen MR) is 67.2 cm³/mol. The van der Waals surface area contributed by atoms with Crippen molar-refractivity contribution in [2.24, 2.45) is 5.73 Å². The van der Waals surface area contributed by atoms with E-state index in [4.69, 9.17) is 14.9 Å². The second kappa shape index (κ2) is 5.18. The van der Waals surface area contributed by atoms with Crippen molar-refractivity contribution in [2.75, 3.05) is 0 Å². The number of nitrogens with two attached hydrogens (primary N) is 1. The number of aryl methyl sites for hydroxylation is 3. The summed E-state index contributed by atoms with van der Waals surface area (Å²) >= 11 is 0. The lowest BCUT2D eigenvalue weighted by molar-refractivity contribution is 0.256. The molecule has 0 bridgehead atoms. The van der Waals surface area contributed by atoms with Gasteiger partial charge in [-0.15, -0.1) is 10.2 Å². The highest BCUT2D eigenvalue weighted by Crippen LogP contribution is 2.25. The summed E-state index contributed by atoms with van der Waals surface area (Å²) in [5.41, 5.74) is 8.83. The van der Waals surface area contributed by atoms with Crippen molar-refractivity contribution in [3.05, 3.63) is 40.6 Å². The lowest BCUT2D eigenvalue weighted by atomic mass is 10.1. The van der Waals surface area contributed by atoms with Crippen LogP contribution >= 0.6 is 0 Å². The zero-order valence-electron chi connectivity index (χ0n) is 10.9. The highest BCUT2D eigenvalue weighted by molar-refractivity contribution is 5.42. The maximum atomic E-state index is 5.73. The van der Waals surface area contributed by atoms with Crippen LogP contribution in [-0.4, -0.2) is 10.2 Å². The molecule has 1 aromatic carbocycles. The van der Waals surface area contributed by atoms with Gasteiger partial charge in [-0.2, -0.15) is 0 Å². The molecule has 0 amide bonds. The van der Waals surface area contributed by atoms with Gasteiger partial charge in [0.05, 0.1) is 6.54 Å². The van der Waals surface area contributed by atoms with E-state index >= 15 is 0 Å². The highest BCUT2D eigenvalue weighted by atomic mass is 16.5. The fourth-order valence-corrected chi connectivity index (χ4v) is 1.96. The Balaban J connectivity index is 2.10. The van der Waals surface area contributed by atoms with Crippen molar-refractivity contribution in [3.8, 4) is 5.75 Å². The number of ether oxygens (including phenoxy) is 1. The molecule has 0 fully saturated rings. The molecule has 2 rings (SSSR count). The Bertz CT molecular complexity index is 526. The van der Waals surface area contributed by atoms with E-state index in [0.717, 1.165) is 16.9 Å². The highest BCUT2D eigenvalue weighted by Gasteiger charge is 2.09. The Hall–Kier alpha value is -1.88. The first-order valence-electron chi connectivity index (χ1n) is 5.82. The second-order valence-corrected chi connectivity index (χ2v) is 4.31.